The van der Waals surface area contributed by atoms with Gasteiger partial charge in [-0.05, 0) is 68.2 Å². The van der Waals surface area contributed by atoms with Gasteiger partial charge in [-0.1, -0.05) is 20.8 Å². The molecule has 2 fully saturated rings. The topological polar surface area (TPSA) is 64.3 Å². The van der Waals surface area contributed by atoms with Crippen LogP contribution in [0.25, 0.3) is 11.3 Å². The molecule has 172 valence electrons. The first kappa shape index (κ1) is 25.7. The van der Waals surface area contributed by atoms with E-state index in [2.05, 4.69) is 48.9 Å². The number of halogens is 2. The zero-order valence-corrected chi connectivity index (χ0v) is 20.5. The Labute approximate surface area is 199 Å². The predicted molar refractivity (Wildman–Crippen MR) is 133 cm³/mol. The summed E-state index contributed by atoms with van der Waals surface area (Å²) in [6.07, 6.45) is 9.10. The fourth-order valence-electron chi connectivity index (χ4n) is 4.32. The number of aromatic nitrogens is 2. The van der Waals surface area contributed by atoms with Crippen LogP contribution >= 0.6 is 24.8 Å². The maximum Gasteiger partial charge on any atom is 0.225 e. The third-order valence-electron chi connectivity index (χ3n) is 6.14. The van der Waals surface area contributed by atoms with Gasteiger partial charge in [0.05, 0.1) is 11.8 Å². The van der Waals surface area contributed by atoms with E-state index in [0.29, 0.717) is 12.1 Å². The summed E-state index contributed by atoms with van der Waals surface area (Å²) in [5.41, 5.74) is 9.37. The number of hydrogen-bond donors (Lipinski definition) is 1. The standard InChI is InChI=1S/C24H34N4O.2ClH/c1-24(2,3)20-16-17(8-9-22(20)29-19-6-4-5-7-19)21-10-13-26-23(27-21)28-14-11-18(25)12-15-28;;/h8-10,13,16,18-19H,4-7,11-12,14-15,25H2,1-3H3;2*1H. The van der Waals surface area contributed by atoms with Crippen LogP contribution in [0.2, 0.25) is 0 Å². The second-order valence-electron chi connectivity index (χ2n) is 9.55. The van der Waals surface area contributed by atoms with Crippen LogP contribution in [-0.4, -0.2) is 35.2 Å². The zero-order chi connectivity index (χ0) is 20.4. The Morgan fingerprint density at radius 3 is 2.32 bits per heavy atom. The number of rotatable bonds is 4. The summed E-state index contributed by atoms with van der Waals surface area (Å²) in [6.45, 7) is 8.58. The molecule has 2 heterocycles. The van der Waals surface area contributed by atoms with Crippen LogP contribution in [-0.2, 0) is 5.41 Å². The highest BCUT2D eigenvalue weighted by atomic mass is 35.5. The summed E-state index contributed by atoms with van der Waals surface area (Å²) < 4.78 is 6.40. The molecule has 1 saturated carbocycles. The molecule has 7 heteroatoms. The van der Waals surface area contributed by atoms with Crippen molar-refractivity contribution in [2.45, 2.75) is 76.9 Å². The van der Waals surface area contributed by atoms with E-state index in [9.17, 15) is 0 Å². The summed E-state index contributed by atoms with van der Waals surface area (Å²) in [7, 11) is 0. The van der Waals surface area contributed by atoms with Gasteiger partial charge in [-0.2, -0.15) is 0 Å². The maximum absolute atomic E-state index is 6.40. The molecular formula is C24H36Cl2N4O. The molecule has 2 aromatic rings. The summed E-state index contributed by atoms with van der Waals surface area (Å²) in [6, 6.07) is 8.82. The molecule has 0 unspecified atom stereocenters. The average molecular weight is 467 g/mol. The van der Waals surface area contributed by atoms with E-state index in [0.717, 1.165) is 48.9 Å². The number of piperidine rings is 1. The highest BCUT2D eigenvalue weighted by Crippen LogP contribution is 2.37. The molecular weight excluding hydrogens is 431 g/mol. The zero-order valence-electron chi connectivity index (χ0n) is 18.8. The van der Waals surface area contributed by atoms with E-state index in [-0.39, 0.29) is 30.2 Å². The summed E-state index contributed by atoms with van der Waals surface area (Å²) in [5.74, 6) is 1.82. The normalized spacial score (nSPS) is 17.7. The third kappa shape index (κ3) is 6.24. The largest absolute Gasteiger partial charge is 0.490 e. The Bertz CT molecular complexity index is 842. The lowest BCUT2D eigenvalue weighted by atomic mass is 9.85. The first-order chi connectivity index (χ1) is 13.9. The molecule has 0 bridgehead atoms. The minimum atomic E-state index is 0. The molecule has 1 aromatic heterocycles. The molecule has 2 aliphatic rings. The van der Waals surface area contributed by atoms with Gasteiger partial charge in [0, 0.05) is 36.5 Å². The van der Waals surface area contributed by atoms with Gasteiger partial charge in [0.1, 0.15) is 5.75 Å². The summed E-state index contributed by atoms with van der Waals surface area (Å²) in [4.78, 5) is 11.6. The van der Waals surface area contributed by atoms with Crippen molar-refractivity contribution in [3.05, 3.63) is 36.0 Å². The number of hydrogen-bond acceptors (Lipinski definition) is 5. The highest BCUT2D eigenvalue weighted by Gasteiger charge is 2.24. The third-order valence-corrected chi connectivity index (χ3v) is 6.14. The number of nitrogens with two attached hydrogens (primary N) is 1. The van der Waals surface area contributed by atoms with Crippen LogP contribution in [0.5, 0.6) is 5.75 Å². The molecule has 1 saturated heterocycles. The van der Waals surface area contributed by atoms with Gasteiger partial charge >= 0.3 is 0 Å². The molecule has 1 aromatic carbocycles. The minimum absolute atomic E-state index is 0. The lowest BCUT2D eigenvalue weighted by molar-refractivity contribution is 0.205. The Morgan fingerprint density at radius 2 is 1.68 bits per heavy atom. The van der Waals surface area contributed by atoms with Crippen molar-refractivity contribution in [3.8, 4) is 17.0 Å². The number of nitrogens with zero attached hydrogens (tertiary/aromatic N) is 3. The molecule has 31 heavy (non-hydrogen) atoms. The van der Waals surface area contributed by atoms with Gasteiger partial charge in [-0.15, -0.1) is 24.8 Å². The van der Waals surface area contributed by atoms with Crippen LogP contribution in [0.15, 0.2) is 30.5 Å². The van der Waals surface area contributed by atoms with Crippen LogP contribution in [0.1, 0.15) is 64.9 Å². The van der Waals surface area contributed by atoms with Gasteiger partial charge < -0.3 is 15.4 Å². The molecule has 5 nitrogen and oxygen atoms in total. The van der Waals surface area contributed by atoms with Gasteiger partial charge in [0.15, 0.2) is 0 Å². The Balaban J connectivity index is 0.00000171. The Hall–Kier alpha value is -1.56. The van der Waals surface area contributed by atoms with Crippen LogP contribution in [0.3, 0.4) is 0 Å². The lowest BCUT2D eigenvalue weighted by Crippen LogP contribution is -2.40. The molecule has 0 radical (unpaired) electrons. The summed E-state index contributed by atoms with van der Waals surface area (Å²) in [5, 5.41) is 0. The van der Waals surface area contributed by atoms with Crippen LogP contribution in [0, 0.1) is 0 Å². The second kappa shape index (κ2) is 10.8. The minimum Gasteiger partial charge on any atom is -0.490 e. The quantitative estimate of drug-likeness (QED) is 0.640. The molecule has 0 amide bonds. The van der Waals surface area contributed by atoms with Crippen molar-refractivity contribution in [2.75, 3.05) is 18.0 Å². The fraction of sp³-hybridized carbons (Fsp3) is 0.583. The predicted octanol–water partition coefficient (Wildman–Crippen LogP) is 5.53. The van der Waals surface area contributed by atoms with Crippen molar-refractivity contribution in [3.63, 3.8) is 0 Å². The van der Waals surface area contributed by atoms with E-state index in [1.54, 1.807) is 0 Å². The van der Waals surface area contributed by atoms with Gasteiger partial charge in [-0.25, -0.2) is 9.97 Å². The molecule has 1 aliphatic carbocycles. The molecule has 0 atom stereocenters. The van der Waals surface area contributed by atoms with E-state index in [1.165, 1.54) is 31.2 Å². The lowest BCUT2D eigenvalue weighted by Gasteiger charge is -2.30. The maximum atomic E-state index is 6.40. The van der Waals surface area contributed by atoms with Gasteiger partial charge in [0.2, 0.25) is 5.95 Å². The smallest absolute Gasteiger partial charge is 0.225 e. The van der Waals surface area contributed by atoms with E-state index < -0.39 is 0 Å². The van der Waals surface area contributed by atoms with E-state index >= 15 is 0 Å². The number of benzene rings is 1. The molecule has 1 aliphatic heterocycles. The van der Waals surface area contributed by atoms with Crippen LogP contribution in [0.4, 0.5) is 5.95 Å². The van der Waals surface area contributed by atoms with Crippen molar-refractivity contribution in [1.29, 1.82) is 0 Å². The fourth-order valence-corrected chi connectivity index (χ4v) is 4.32. The van der Waals surface area contributed by atoms with E-state index in [1.807, 2.05) is 12.3 Å². The van der Waals surface area contributed by atoms with Crippen molar-refractivity contribution in [1.82, 2.24) is 9.97 Å². The summed E-state index contributed by atoms with van der Waals surface area (Å²) >= 11 is 0. The molecule has 4 rings (SSSR count). The second-order valence-corrected chi connectivity index (χ2v) is 9.55. The van der Waals surface area contributed by atoms with Gasteiger partial charge in [0.25, 0.3) is 0 Å². The average Bonchev–Trinajstić information content (AvgIpc) is 3.21. The molecule has 2 N–H and O–H groups in total. The van der Waals surface area contributed by atoms with Crippen molar-refractivity contribution < 1.29 is 4.74 Å². The van der Waals surface area contributed by atoms with Crippen molar-refractivity contribution >= 4 is 30.8 Å². The highest BCUT2D eigenvalue weighted by molar-refractivity contribution is 5.85. The molecule has 0 spiro atoms. The SMILES string of the molecule is CC(C)(C)c1cc(-c2ccnc(N3CCC(N)CC3)n2)ccc1OC1CCCC1.Cl.Cl. The van der Waals surface area contributed by atoms with E-state index in [4.69, 9.17) is 15.5 Å². The monoisotopic (exact) mass is 466 g/mol. The number of ether oxygens (including phenoxy) is 1. The first-order valence-corrected chi connectivity index (χ1v) is 11.1. The number of anilines is 1. The Morgan fingerprint density at radius 1 is 1.00 bits per heavy atom. The van der Waals surface area contributed by atoms with Crippen LogP contribution < -0.4 is 15.4 Å². The Kier molecular flexibility index (Phi) is 8.99. The first-order valence-electron chi connectivity index (χ1n) is 11.1. The van der Waals surface area contributed by atoms with Gasteiger partial charge in [-0.3, -0.25) is 0 Å². The van der Waals surface area contributed by atoms with Crippen molar-refractivity contribution in [2.24, 2.45) is 5.73 Å².